The normalized spacial score (nSPS) is 16.1. The van der Waals surface area contributed by atoms with E-state index in [1.54, 1.807) is 25.1 Å². The number of amides is 3. The summed E-state index contributed by atoms with van der Waals surface area (Å²) in [7, 11) is 0. The molecule has 0 aliphatic carbocycles. The van der Waals surface area contributed by atoms with Crippen LogP contribution in [0.1, 0.15) is 18.1 Å². The van der Waals surface area contributed by atoms with E-state index >= 15 is 0 Å². The predicted molar refractivity (Wildman–Crippen MR) is 113 cm³/mol. The van der Waals surface area contributed by atoms with E-state index in [0.29, 0.717) is 5.75 Å². The molecule has 2 aromatic carbocycles. The Hall–Kier alpha value is -3.13. The summed E-state index contributed by atoms with van der Waals surface area (Å²) in [4.78, 5) is 38.0. The molecule has 3 amide bonds. The van der Waals surface area contributed by atoms with E-state index in [4.69, 9.17) is 4.74 Å². The van der Waals surface area contributed by atoms with Gasteiger partial charge in [0.2, 0.25) is 0 Å². The zero-order valence-electron chi connectivity index (χ0n) is 16.6. The van der Waals surface area contributed by atoms with Crippen molar-refractivity contribution in [2.45, 2.75) is 20.0 Å². The van der Waals surface area contributed by atoms with E-state index in [-0.39, 0.29) is 29.5 Å². The van der Waals surface area contributed by atoms with Gasteiger partial charge < -0.3 is 10.1 Å². The lowest BCUT2D eigenvalue weighted by Gasteiger charge is -2.17. The van der Waals surface area contributed by atoms with Crippen LogP contribution in [0.2, 0.25) is 0 Å². The number of rotatable bonds is 7. The molecule has 30 heavy (non-hydrogen) atoms. The zero-order chi connectivity index (χ0) is 21.7. The summed E-state index contributed by atoms with van der Waals surface area (Å²) in [6.45, 7) is 3.65. The molecule has 1 heterocycles. The van der Waals surface area contributed by atoms with Crippen LogP contribution in [0.15, 0.2) is 53.4 Å². The number of hydrogen-bond donors (Lipinski definition) is 1. The van der Waals surface area contributed by atoms with Gasteiger partial charge in [0.05, 0.1) is 4.91 Å². The number of halogens is 1. The highest BCUT2D eigenvalue weighted by atomic mass is 32.2. The Bertz CT molecular complexity index is 1010. The van der Waals surface area contributed by atoms with Gasteiger partial charge in [-0.15, -0.1) is 0 Å². The van der Waals surface area contributed by atoms with Crippen LogP contribution in [-0.4, -0.2) is 41.1 Å². The first kappa shape index (κ1) is 21.6. The molecule has 1 saturated heterocycles. The standard InChI is InChI=1S/C22H21FN2O4S/c1-14-6-5-8-17(12-14)29-15(2)20(26)24-10-11-25-21(27)19(30-22(25)28)13-16-7-3-4-9-18(16)23/h3-9,12-13,15H,10-11H2,1-2H3,(H,24,26)/b19-13-/t15-/m1/s1. The number of carbonyl (C=O) groups excluding carboxylic acids is 3. The number of imide groups is 1. The van der Waals surface area contributed by atoms with Crippen molar-refractivity contribution in [3.63, 3.8) is 0 Å². The summed E-state index contributed by atoms with van der Waals surface area (Å²) in [5.41, 5.74) is 1.25. The molecule has 0 bridgehead atoms. The molecule has 0 aromatic heterocycles. The van der Waals surface area contributed by atoms with E-state index in [9.17, 15) is 18.8 Å². The quantitative estimate of drug-likeness (QED) is 0.680. The minimum Gasteiger partial charge on any atom is -0.481 e. The SMILES string of the molecule is Cc1cccc(O[C@H](C)C(=O)NCCN2C(=O)S/C(=C\c3ccccc3F)C2=O)c1. The number of benzene rings is 2. The van der Waals surface area contributed by atoms with Gasteiger partial charge in [-0.05, 0) is 55.4 Å². The van der Waals surface area contributed by atoms with Gasteiger partial charge in [0.25, 0.3) is 17.1 Å². The second kappa shape index (κ2) is 9.58. The number of ether oxygens (including phenoxy) is 1. The lowest BCUT2D eigenvalue weighted by Crippen LogP contribution is -2.41. The van der Waals surface area contributed by atoms with Gasteiger partial charge in [-0.2, -0.15) is 0 Å². The molecule has 1 N–H and O–H groups in total. The van der Waals surface area contributed by atoms with Crippen LogP contribution >= 0.6 is 11.8 Å². The summed E-state index contributed by atoms with van der Waals surface area (Å²) in [6.07, 6.45) is 0.624. The average Bonchev–Trinajstić information content (AvgIpc) is 2.97. The van der Waals surface area contributed by atoms with E-state index in [1.807, 2.05) is 25.1 Å². The van der Waals surface area contributed by atoms with Crippen molar-refractivity contribution in [1.29, 1.82) is 0 Å². The van der Waals surface area contributed by atoms with Gasteiger partial charge in [-0.25, -0.2) is 4.39 Å². The highest BCUT2D eigenvalue weighted by molar-refractivity contribution is 8.18. The number of nitrogens with one attached hydrogen (secondary N) is 1. The van der Waals surface area contributed by atoms with Crippen molar-refractivity contribution in [2.24, 2.45) is 0 Å². The molecule has 0 saturated carbocycles. The Morgan fingerprint density at radius 1 is 1.23 bits per heavy atom. The first-order chi connectivity index (χ1) is 14.3. The number of carbonyl (C=O) groups is 3. The fraction of sp³-hybridized carbons (Fsp3) is 0.227. The van der Waals surface area contributed by atoms with Crippen molar-refractivity contribution in [1.82, 2.24) is 10.2 Å². The van der Waals surface area contributed by atoms with Gasteiger partial charge in [0.1, 0.15) is 11.6 Å². The first-order valence-electron chi connectivity index (χ1n) is 9.36. The van der Waals surface area contributed by atoms with Crippen molar-refractivity contribution in [2.75, 3.05) is 13.1 Å². The molecule has 0 spiro atoms. The van der Waals surface area contributed by atoms with Crippen LogP contribution in [0.25, 0.3) is 6.08 Å². The van der Waals surface area contributed by atoms with E-state index in [2.05, 4.69) is 5.32 Å². The van der Waals surface area contributed by atoms with Gasteiger partial charge in [0.15, 0.2) is 6.10 Å². The Morgan fingerprint density at radius 3 is 2.73 bits per heavy atom. The molecule has 1 aliphatic heterocycles. The van der Waals surface area contributed by atoms with Crippen LogP contribution in [0.4, 0.5) is 9.18 Å². The van der Waals surface area contributed by atoms with Crippen LogP contribution in [0.3, 0.4) is 0 Å². The molecule has 8 heteroatoms. The largest absolute Gasteiger partial charge is 0.481 e. The Morgan fingerprint density at radius 2 is 2.00 bits per heavy atom. The van der Waals surface area contributed by atoms with Crippen molar-refractivity contribution in [3.8, 4) is 5.75 Å². The summed E-state index contributed by atoms with van der Waals surface area (Å²) in [5.74, 6) is -0.752. The van der Waals surface area contributed by atoms with Crippen LogP contribution in [0.5, 0.6) is 5.75 Å². The fourth-order valence-corrected chi connectivity index (χ4v) is 3.66. The topological polar surface area (TPSA) is 75.7 Å². The highest BCUT2D eigenvalue weighted by Gasteiger charge is 2.34. The third-order valence-electron chi connectivity index (χ3n) is 4.37. The second-order valence-corrected chi connectivity index (χ2v) is 7.72. The van der Waals surface area contributed by atoms with Crippen LogP contribution < -0.4 is 10.1 Å². The second-order valence-electron chi connectivity index (χ2n) is 6.72. The molecule has 0 radical (unpaired) electrons. The third kappa shape index (κ3) is 5.27. The Labute approximate surface area is 178 Å². The monoisotopic (exact) mass is 428 g/mol. The van der Waals surface area contributed by atoms with Crippen molar-refractivity contribution < 1.29 is 23.5 Å². The molecule has 0 unspecified atom stereocenters. The minimum atomic E-state index is -0.734. The average molecular weight is 428 g/mol. The maximum atomic E-state index is 13.8. The maximum absolute atomic E-state index is 13.8. The summed E-state index contributed by atoms with van der Waals surface area (Å²) in [5, 5.41) is 2.20. The third-order valence-corrected chi connectivity index (χ3v) is 5.28. The molecule has 3 rings (SSSR count). The molecule has 6 nitrogen and oxygen atoms in total. The van der Waals surface area contributed by atoms with E-state index in [1.165, 1.54) is 18.2 Å². The van der Waals surface area contributed by atoms with Gasteiger partial charge in [0, 0.05) is 18.7 Å². The van der Waals surface area contributed by atoms with E-state index < -0.39 is 23.1 Å². The number of nitrogens with zero attached hydrogens (tertiary/aromatic N) is 1. The molecule has 1 atom stereocenters. The molecular formula is C22H21FN2O4S. The molecule has 156 valence electrons. The lowest BCUT2D eigenvalue weighted by atomic mass is 10.2. The molecule has 1 aliphatic rings. The summed E-state index contributed by atoms with van der Waals surface area (Å²) < 4.78 is 19.4. The Kier molecular flexibility index (Phi) is 6.89. The zero-order valence-corrected chi connectivity index (χ0v) is 17.4. The van der Waals surface area contributed by atoms with Gasteiger partial charge >= 0.3 is 0 Å². The van der Waals surface area contributed by atoms with E-state index in [0.717, 1.165) is 22.2 Å². The van der Waals surface area contributed by atoms with Crippen LogP contribution in [0, 0.1) is 12.7 Å². The minimum absolute atomic E-state index is 0.0161. The summed E-state index contributed by atoms with van der Waals surface area (Å²) in [6, 6.07) is 13.4. The smallest absolute Gasteiger partial charge is 0.293 e. The van der Waals surface area contributed by atoms with Gasteiger partial charge in [-0.3, -0.25) is 19.3 Å². The van der Waals surface area contributed by atoms with Crippen LogP contribution in [-0.2, 0) is 9.59 Å². The highest BCUT2D eigenvalue weighted by Crippen LogP contribution is 2.32. The maximum Gasteiger partial charge on any atom is 0.293 e. The number of thioether (sulfide) groups is 1. The molecule has 2 aromatic rings. The van der Waals surface area contributed by atoms with Crippen molar-refractivity contribution >= 4 is 34.9 Å². The Balaban J connectivity index is 1.53. The number of hydrogen-bond acceptors (Lipinski definition) is 5. The first-order valence-corrected chi connectivity index (χ1v) is 10.2. The lowest BCUT2D eigenvalue weighted by molar-refractivity contribution is -0.128. The van der Waals surface area contributed by atoms with Gasteiger partial charge in [-0.1, -0.05) is 30.3 Å². The summed E-state index contributed by atoms with van der Waals surface area (Å²) >= 11 is 0.748. The number of aryl methyl sites for hydroxylation is 1. The molecule has 1 fully saturated rings. The van der Waals surface area contributed by atoms with Crippen molar-refractivity contribution in [3.05, 3.63) is 70.4 Å². The fourth-order valence-electron chi connectivity index (χ4n) is 2.81. The molecular weight excluding hydrogens is 407 g/mol. The predicted octanol–water partition coefficient (Wildman–Crippen LogP) is 3.75.